The van der Waals surface area contributed by atoms with Crippen molar-refractivity contribution in [3.05, 3.63) is 83.9 Å². The second-order valence-corrected chi connectivity index (χ2v) is 10.6. The number of ether oxygens (including phenoxy) is 1. The van der Waals surface area contributed by atoms with E-state index in [0.29, 0.717) is 12.2 Å². The summed E-state index contributed by atoms with van der Waals surface area (Å²) < 4.78 is 6.14. The predicted octanol–water partition coefficient (Wildman–Crippen LogP) is 6.91. The maximum Gasteiger partial charge on any atom is 0.305 e. The molecule has 1 amide bonds. The number of nitrogens with one attached hydrogen (secondary N) is 2. The van der Waals surface area contributed by atoms with Gasteiger partial charge < -0.3 is 20.5 Å². The number of carboxylic acids is 1. The molecule has 0 aliphatic rings. The van der Waals surface area contributed by atoms with Crippen LogP contribution in [0.4, 0.5) is 5.69 Å². The van der Waals surface area contributed by atoms with Gasteiger partial charge in [0.05, 0.1) is 12.5 Å². The summed E-state index contributed by atoms with van der Waals surface area (Å²) in [6.07, 6.45) is 3.04. The third kappa shape index (κ3) is 8.94. The van der Waals surface area contributed by atoms with E-state index in [1.165, 1.54) is 11.1 Å². The van der Waals surface area contributed by atoms with Gasteiger partial charge in [-0.15, -0.1) is 0 Å². The molecule has 0 unspecified atom stereocenters. The fourth-order valence-electron chi connectivity index (χ4n) is 4.09. The molecule has 3 N–H and O–H groups in total. The number of hydrogen-bond acceptors (Lipinski definition) is 4. The molecule has 0 saturated carbocycles. The van der Waals surface area contributed by atoms with Crippen LogP contribution in [0.3, 0.4) is 0 Å². The van der Waals surface area contributed by atoms with Crippen LogP contribution in [0.1, 0.15) is 69.3 Å². The highest BCUT2D eigenvalue weighted by Gasteiger charge is 2.14. The number of benzene rings is 3. The van der Waals surface area contributed by atoms with Gasteiger partial charge in [0.1, 0.15) is 12.4 Å². The Morgan fingerprint density at radius 3 is 2.05 bits per heavy atom. The molecule has 0 saturated heterocycles. The van der Waals surface area contributed by atoms with Crippen molar-refractivity contribution in [1.82, 2.24) is 5.32 Å². The highest BCUT2D eigenvalue weighted by molar-refractivity contribution is 5.94. The number of carbonyl (C=O) groups excluding carboxylic acids is 1. The molecule has 202 valence electrons. The number of rotatable bonds is 13. The first-order chi connectivity index (χ1) is 18.2. The van der Waals surface area contributed by atoms with E-state index in [9.17, 15) is 9.59 Å². The molecule has 3 aromatic carbocycles. The zero-order valence-corrected chi connectivity index (χ0v) is 22.9. The number of unbranched alkanes of at least 4 members (excludes halogenated alkanes) is 1. The smallest absolute Gasteiger partial charge is 0.305 e. The third-order valence-electron chi connectivity index (χ3n) is 6.44. The second kappa shape index (κ2) is 13.7. The summed E-state index contributed by atoms with van der Waals surface area (Å²) in [6, 6.07) is 24.3. The highest BCUT2D eigenvalue weighted by atomic mass is 16.5. The topological polar surface area (TPSA) is 87.7 Å². The zero-order chi connectivity index (χ0) is 27.5. The Hall–Kier alpha value is -3.80. The molecular weight excluding hydrogens is 476 g/mol. The van der Waals surface area contributed by atoms with E-state index in [4.69, 9.17) is 9.84 Å². The molecule has 0 fully saturated rings. The fourth-order valence-corrected chi connectivity index (χ4v) is 4.09. The molecule has 0 radical (unpaired) electrons. The van der Waals surface area contributed by atoms with Crippen LogP contribution in [0.25, 0.3) is 11.1 Å². The summed E-state index contributed by atoms with van der Waals surface area (Å²) in [5, 5.41) is 14.9. The van der Waals surface area contributed by atoms with E-state index in [1.54, 1.807) is 12.1 Å². The van der Waals surface area contributed by atoms with Crippen LogP contribution in [0, 0.1) is 0 Å². The van der Waals surface area contributed by atoms with Crippen LogP contribution in [-0.4, -0.2) is 36.2 Å². The van der Waals surface area contributed by atoms with Gasteiger partial charge in [0.2, 0.25) is 0 Å². The molecular formula is C32H40N2O4. The van der Waals surface area contributed by atoms with Gasteiger partial charge in [-0.2, -0.15) is 0 Å². The van der Waals surface area contributed by atoms with Gasteiger partial charge in [-0.25, -0.2) is 0 Å². The van der Waals surface area contributed by atoms with Crippen molar-refractivity contribution in [3.63, 3.8) is 0 Å². The second-order valence-electron chi connectivity index (χ2n) is 10.6. The van der Waals surface area contributed by atoms with Crippen molar-refractivity contribution in [2.75, 3.05) is 18.5 Å². The quantitative estimate of drug-likeness (QED) is 0.230. The number of carbonyl (C=O) groups is 2. The summed E-state index contributed by atoms with van der Waals surface area (Å²) >= 11 is 0. The number of amides is 1. The summed E-state index contributed by atoms with van der Waals surface area (Å²) in [4.78, 5) is 22.8. The van der Waals surface area contributed by atoms with Crippen LogP contribution >= 0.6 is 0 Å². The first-order valence-corrected chi connectivity index (χ1v) is 13.4. The van der Waals surface area contributed by atoms with Crippen LogP contribution in [0.2, 0.25) is 0 Å². The van der Waals surface area contributed by atoms with Crippen molar-refractivity contribution in [1.29, 1.82) is 0 Å². The van der Waals surface area contributed by atoms with Gasteiger partial charge in [0.15, 0.2) is 0 Å². The molecule has 6 nitrogen and oxygen atoms in total. The molecule has 38 heavy (non-hydrogen) atoms. The average Bonchev–Trinajstić information content (AvgIpc) is 2.90. The maximum absolute atomic E-state index is 12.2. The molecule has 6 heteroatoms. The maximum atomic E-state index is 12.2. The molecule has 3 aromatic rings. The van der Waals surface area contributed by atoms with E-state index >= 15 is 0 Å². The average molecular weight is 517 g/mol. The Bertz CT molecular complexity index is 1160. The van der Waals surface area contributed by atoms with Crippen LogP contribution in [-0.2, 0) is 10.2 Å². The van der Waals surface area contributed by atoms with Crippen LogP contribution in [0.5, 0.6) is 5.75 Å². The number of hydrogen-bond donors (Lipinski definition) is 3. The van der Waals surface area contributed by atoms with E-state index in [0.717, 1.165) is 36.3 Å². The van der Waals surface area contributed by atoms with E-state index in [1.807, 2.05) is 24.3 Å². The lowest BCUT2D eigenvalue weighted by atomic mass is 9.86. The fraction of sp³-hybridized carbons (Fsp3) is 0.375. The van der Waals surface area contributed by atoms with Crippen molar-refractivity contribution in [2.45, 2.75) is 64.8 Å². The lowest BCUT2D eigenvalue weighted by Gasteiger charge is -2.21. The predicted molar refractivity (Wildman–Crippen MR) is 154 cm³/mol. The minimum atomic E-state index is -0.938. The van der Waals surface area contributed by atoms with Gasteiger partial charge in [0.25, 0.3) is 5.91 Å². The number of aliphatic carboxylic acids is 1. The molecule has 0 bridgehead atoms. The highest BCUT2D eigenvalue weighted by Crippen LogP contribution is 2.27. The Balaban J connectivity index is 1.56. The van der Waals surface area contributed by atoms with Crippen molar-refractivity contribution >= 4 is 17.6 Å². The normalized spacial score (nSPS) is 12.0. The van der Waals surface area contributed by atoms with Gasteiger partial charge in [-0.1, -0.05) is 76.9 Å². The van der Waals surface area contributed by atoms with Crippen LogP contribution in [0.15, 0.2) is 72.8 Å². The largest absolute Gasteiger partial charge is 0.491 e. The summed E-state index contributed by atoms with van der Waals surface area (Å²) in [7, 11) is 0. The Morgan fingerprint density at radius 1 is 0.895 bits per heavy atom. The molecule has 0 aliphatic carbocycles. The minimum absolute atomic E-state index is 0.0994. The standard InChI is InChI=1S/C32H40N2O4/c1-5-6-7-28(34-27-16-10-25(11-17-27)31(37)33-21-20-30(35)36)22-38-29-18-12-24(13-19-29)23-8-14-26(15-9-23)32(2,3)4/h8-19,28,34H,5-7,20-22H2,1-4H3,(H,33,37)(H,35,36)/t28-/m0/s1. The van der Waals surface area contributed by atoms with E-state index in [-0.39, 0.29) is 30.3 Å². The van der Waals surface area contributed by atoms with Crippen molar-refractivity contribution in [3.8, 4) is 16.9 Å². The third-order valence-corrected chi connectivity index (χ3v) is 6.44. The molecule has 0 heterocycles. The monoisotopic (exact) mass is 516 g/mol. The Morgan fingerprint density at radius 2 is 1.50 bits per heavy atom. The van der Waals surface area contributed by atoms with Crippen molar-refractivity contribution in [2.24, 2.45) is 0 Å². The Kier molecular flexibility index (Phi) is 10.3. The number of anilines is 1. The lowest BCUT2D eigenvalue weighted by Crippen LogP contribution is -2.27. The number of carboxylic acid groups (broad SMARTS) is 1. The molecule has 0 aliphatic heterocycles. The molecule has 0 aromatic heterocycles. The zero-order valence-electron chi connectivity index (χ0n) is 22.9. The van der Waals surface area contributed by atoms with E-state index in [2.05, 4.69) is 74.7 Å². The van der Waals surface area contributed by atoms with Crippen LogP contribution < -0.4 is 15.4 Å². The summed E-state index contributed by atoms with van der Waals surface area (Å²) in [6.45, 7) is 9.46. The van der Waals surface area contributed by atoms with Gasteiger partial charge >= 0.3 is 5.97 Å². The molecule has 3 rings (SSSR count). The Labute approximate surface area is 226 Å². The SMILES string of the molecule is CCCC[C@@H](COc1ccc(-c2ccc(C(C)(C)C)cc2)cc1)Nc1ccc(C(=O)NCCC(=O)O)cc1. The summed E-state index contributed by atoms with van der Waals surface area (Å²) in [5.74, 6) is -0.388. The summed E-state index contributed by atoms with van der Waals surface area (Å²) in [5.41, 5.74) is 5.21. The van der Waals surface area contributed by atoms with E-state index < -0.39 is 5.97 Å². The molecule has 1 atom stereocenters. The van der Waals surface area contributed by atoms with Gasteiger partial charge in [-0.05, 0) is 64.9 Å². The lowest BCUT2D eigenvalue weighted by molar-refractivity contribution is -0.136. The van der Waals surface area contributed by atoms with Crippen molar-refractivity contribution < 1.29 is 19.4 Å². The van der Waals surface area contributed by atoms with Gasteiger partial charge in [-0.3, -0.25) is 9.59 Å². The van der Waals surface area contributed by atoms with Gasteiger partial charge in [0, 0.05) is 17.8 Å². The molecule has 0 spiro atoms. The minimum Gasteiger partial charge on any atom is -0.491 e. The first kappa shape index (κ1) is 28.8. The first-order valence-electron chi connectivity index (χ1n) is 13.4.